The summed E-state index contributed by atoms with van der Waals surface area (Å²) in [5, 5.41) is 2.88. The molecule has 0 aliphatic carbocycles. The van der Waals surface area contributed by atoms with Crippen LogP contribution in [-0.2, 0) is 11.3 Å². The van der Waals surface area contributed by atoms with Gasteiger partial charge in [-0.15, -0.1) is 11.6 Å². The van der Waals surface area contributed by atoms with Crippen LogP contribution in [0.5, 0.6) is 0 Å². The Morgan fingerprint density at radius 3 is 2.28 bits per heavy atom. The first-order chi connectivity index (χ1) is 8.35. The molecule has 0 atom stereocenters. The second-order valence-corrected chi connectivity index (χ2v) is 5.67. The number of carbonyl (C=O) groups excluding carboxylic acids is 1. The number of benzene rings is 1. The van der Waals surface area contributed by atoms with Crippen LogP contribution in [0, 0.1) is 5.41 Å². The molecule has 3 nitrogen and oxygen atoms in total. The SMILES string of the molecule is CN(C)Cc1ccc(NC(=O)C(C)(C)CCl)cc1. The van der Waals surface area contributed by atoms with Crippen molar-refractivity contribution in [1.82, 2.24) is 4.90 Å². The maximum absolute atomic E-state index is 11.9. The average molecular weight is 269 g/mol. The molecule has 0 radical (unpaired) electrons. The Balaban J connectivity index is 2.67. The van der Waals surface area contributed by atoms with Crippen molar-refractivity contribution in [2.24, 2.45) is 5.41 Å². The number of nitrogens with zero attached hydrogens (tertiary/aromatic N) is 1. The zero-order valence-electron chi connectivity index (χ0n) is 11.5. The molecule has 1 N–H and O–H groups in total. The maximum atomic E-state index is 11.9. The molecule has 0 aliphatic heterocycles. The van der Waals surface area contributed by atoms with Gasteiger partial charge in [-0.1, -0.05) is 12.1 Å². The third kappa shape index (κ3) is 4.31. The molecule has 1 aromatic rings. The normalized spacial score (nSPS) is 11.7. The number of carbonyl (C=O) groups is 1. The molecule has 18 heavy (non-hydrogen) atoms. The number of anilines is 1. The number of halogens is 1. The van der Waals surface area contributed by atoms with E-state index >= 15 is 0 Å². The minimum Gasteiger partial charge on any atom is -0.326 e. The quantitative estimate of drug-likeness (QED) is 0.833. The van der Waals surface area contributed by atoms with E-state index in [1.54, 1.807) is 0 Å². The molecule has 1 rings (SSSR count). The van der Waals surface area contributed by atoms with Crippen molar-refractivity contribution in [2.75, 3.05) is 25.3 Å². The van der Waals surface area contributed by atoms with E-state index in [1.807, 2.05) is 52.2 Å². The molecule has 0 saturated carbocycles. The van der Waals surface area contributed by atoms with Crippen molar-refractivity contribution in [2.45, 2.75) is 20.4 Å². The van der Waals surface area contributed by atoms with Crippen molar-refractivity contribution >= 4 is 23.2 Å². The van der Waals surface area contributed by atoms with Crippen molar-refractivity contribution in [3.05, 3.63) is 29.8 Å². The highest BCUT2D eigenvalue weighted by molar-refractivity contribution is 6.20. The smallest absolute Gasteiger partial charge is 0.231 e. The summed E-state index contributed by atoms with van der Waals surface area (Å²) in [4.78, 5) is 14.0. The molecular formula is C14H21ClN2O. The molecule has 4 heteroatoms. The Hall–Kier alpha value is -1.06. The number of alkyl halides is 1. The molecule has 1 aromatic carbocycles. The monoisotopic (exact) mass is 268 g/mol. The summed E-state index contributed by atoms with van der Waals surface area (Å²) in [6, 6.07) is 7.87. The van der Waals surface area contributed by atoms with Crippen LogP contribution in [0.2, 0.25) is 0 Å². The summed E-state index contributed by atoms with van der Waals surface area (Å²) in [7, 11) is 4.05. The third-order valence-corrected chi connectivity index (χ3v) is 3.33. The minimum atomic E-state index is -0.552. The predicted molar refractivity (Wildman–Crippen MR) is 77.0 cm³/mol. The van der Waals surface area contributed by atoms with Crippen LogP contribution >= 0.6 is 11.6 Å². The summed E-state index contributed by atoms with van der Waals surface area (Å²) in [5.74, 6) is 0.246. The molecule has 1 amide bonds. The van der Waals surface area contributed by atoms with Gasteiger partial charge in [-0.25, -0.2) is 0 Å². The van der Waals surface area contributed by atoms with Crippen LogP contribution in [0.15, 0.2) is 24.3 Å². The zero-order chi connectivity index (χ0) is 13.8. The van der Waals surface area contributed by atoms with E-state index in [-0.39, 0.29) is 5.91 Å². The minimum absolute atomic E-state index is 0.0575. The molecular weight excluding hydrogens is 248 g/mol. The topological polar surface area (TPSA) is 32.3 Å². The standard InChI is InChI=1S/C14H21ClN2O/c1-14(2,10-15)13(18)16-12-7-5-11(6-8-12)9-17(3)4/h5-8H,9-10H2,1-4H3,(H,16,18). The van der Waals surface area contributed by atoms with Gasteiger partial charge in [0.1, 0.15) is 0 Å². The van der Waals surface area contributed by atoms with Crippen molar-refractivity contribution in [1.29, 1.82) is 0 Å². The third-order valence-electron chi connectivity index (χ3n) is 2.66. The van der Waals surface area contributed by atoms with Crippen LogP contribution in [0.4, 0.5) is 5.69 Å². The largest absolute Gasteiger partial charge is 0.326 e. The Labute approximate surface area is 114 Å². The van der Waals surface area contributed by atoms with Gasteiger partial charge >= 0.3 is 0 Å². The number of nitrogens with one attached hydrogen (secondary N) is 1. The van der Waals surface area contributed by atoms with Crippen molar-refractivity contribution in [3.63, 3.8) is 0 Å². The second-order valence-electron chi connectivity index (χ2n) is 5.41. The lowest BCUT2D eigenvalue weighted by Crippen LogP contribution is -2.32. The summed E-state index contributed by atoms with van der Waals surface area (Å²) >= 11 is 5.77. The summed E-state index contributed by atoms with van der Waals surface area (Å²) in [6.45, 7) is 4.55. The molecule has 0 fully saturated rings. The lowest BCUT2D eigenvalue weighted by Gasteiger charge is -2.20. The fourth-order valence-corrected chi connectivity index (χ4v) is 1.54. The second kappa shape index (κ2) is 6.21. The first-order valence-electron chi connectivity index (χ1n) is 5.96. The fraction of sp³-hybridized carbons (Fsp3) is 0.500. The van der Waals surface area contributed by atoms with Gasteiger partial charge in [0.05, 0.1) is 5.41 Å². The number of rotatable bonds is 5. The summed E-state index contributed by atoms with van der Waals surface area (Å²) in [5.41, 5.74) is 1.47. The van der Waals surface area contributed by atoms with Crippen LogP contribution in [-0.4, -0.2) is 30.8 Å². The van der Waals surface area contributed by atoms with E-state index in [4.69, 9.17) is 11.6 Å². The Bertz CT molecular complexity index is 399. The number of hydrogen-bond acceptors (Lipinski definition) is 2. The van der Waals surface area contributed by atoms with Crippen LogP contribution in [0.1, 0.15) is 19.4 Å². The molecule has 0 saturated heterocycles. The lowest BCUT2D eigenvalue weighted by atomic mass is 9.95. The van der Waals surface area contributed by atoms with E-state index in [2.05, 4.69) is 10.2 Å². The van der Waals surface area contributed by atoms with E-state index in [9.17, 15) is 4.79 Å². The average Bonchev–Trinajstić information content (AvgIpc) is 2.31. The van der Waals surface area contributed by atoms with Crippen LogP contribution in [0.25, 0.3) is 0 Å². The predicted octanol–water partition coefficient (Wildman–Crippen LogP) is 2.95. The van der Waals surface area contributed by atoms with E-state index in [1.165, 1.54) is 5.56 Å². The summed E-state index contributed by atoms with van der Waals surface area (Å²) < 4.78 is 0. The highest BCUT2D eigenvalue weighted by atomic mass is 35.5. The van der Waals surface area contributed by atoms with Gasteiger partial charge < -0.3 is 10.2 Å². The highest BCUT2D eigenvalue weighted by Gasteiger charge is 2.26. The van der Waals surface area contributed by atoms with Gasteiger partial charge in [-0.3, -0.25) is 4.79 Å². The van der Waals surface area contributed by atoms with Crippen LogP contribution < -0.4 is 5.32 Å². The van der Waals surface area contributed by atoms with E-state index in [0.717, 1.165) is 12.2 Å². The van der Waals surface area contributed by atoms with Crippen molar-refractivity contribution in [3.8, 4) is 0 Å². The lowest BCUT2D eigenvalue weighted by molar-refractivity contribution is -0.122. The molecule has 0 aliphatic rings. The molecule has 0 unspecified atom stereocenters. The zero-order valence-corrected chi connectivity index (χ0v) is 12.2. The summed E-state index contributed by atoms with van der Waals surface area (Å²) in [6.07, 6.45) is 0. The van der Waals surface area contributed by atoms with E-state index in [0.29, 0.717) is 5.88 Å². The molecule has 100 valence electrons. The maximum Gasteiger partial charge on any atom is 0.231 e. The first kappa shape index (κ1) is 15.0. The van der Waals surface area contributed by atoms with Gasteiger partial charge in [-0.05, 0) is 45.6 Å². The first-order valence-corrected chi connectivity index (χ1v) is 6.50. The number of amides is 1. The van der Waals surface area contributed by atoms with Gasteiger partial charge in [-0.2, -0.15) is 0 Å². The Morgan fingerprint density at radius 1 is 1.28 bits per heavy atom. The van der Waals surface area contributed by atoms with Gasteiger partial charge in [0.15, 0.2) is 0 Å². The molecule has 0 spiro atoms. The van der Waals surface area contributed by atoms with E-state index < -0.39 is 5.41 Å². The Kier molecular flexibility index (Phi) is 5.17. The van der Waals surface area contributed by atoms with Crippen LogP contribution in [0.3, 0.4) is 0 Å². The molecule has 0 heterocycles. The van der Waals surface area contributed by atoms with Gasteiger partial charge in [0, 0.05) is 18.1 Å². The fourth-order valence-electron chi connectivity index (χ4n) is 1.42. The Morgan fingerprint density at radius 2 is 1.83 bits per heavy atom. The van der Waals surface area contributed by atoms with Crippen molar-refractivity contribution < 1.29 is 4.79 Å². The van der Waals surface area contributed by atoms with Gasteiger partial charge in [0.25, 0.3) is 0 Å². The highest BCUT2D eigenvalue weighted by Crippen LogP contribution is 2.20. The molecule has 0 bridgehead atoms. The van der Waals surface area contributed by atoms with Gasteiger partial charge in [0.2, 0.25) is 5.91 Å². The molecule has 0 aromatic heterocycles. The number of hydrogen-bond donors (Lipinski definition) is 1.